The molecule has 0 bridgehead atoms. The van der Waals surface area contributed by atoms with Crippen LogP contribution in [0.2, 0.25) is 0 Å². The molecule has 0 radical (unpaired) electrons. The second kappa shape index (κ2) is 8.14. The van der Waals surface area contributed by atoms with Crippen molar-refractivity contribution in [3.05, 3.63) is 0 Å². The first-order chi connectivity index (χ1) is 6.95. The Balaban J connectivity index is 0. The molecule has 3 N–H and O–H groups in total. The quantitative estimate of drug-likeness (QED) is 0.806. The minimum Gasteiger partial charge on any atom is -0.355 e. The van der Waals surface area contributed by atoms with Crippen molar-refractivity contribution < 1.29 is 4.79 Å². The third-order valence-corrected chi connectivity index (χ3v) is 3.17. The Labute approximate surface area is 117 Å². The fraction of sp³-hybridized carbons (Fsp3) is 0.909. The van der Waals surface area contributed by atoms with Crippen molar-refractivity contribution in [2.75, 3.05) is 33.2 Å². The molecule has 4 nitrogen and oxygen atoms in total. The Bertz CT molecular complexity index is 237. The van der Waals surface area contributed by atoms with E-state index in [0.717, 1.165) is 19.6 Å². The molecule has 1 unspecified atom stereocenters. The van der Waals surface area contributed by atoms with Gasteiger partial charge in [-0.2, -0.15) is 0 Å². The van der Waals surface area contributed by atoms with Gasteiger partial charge in [-0.15, -0.1) is 24.8 Å². The highest BCUT2D eigenvalue weighted by Gasteiger charge is 2.27. The summed E-state index contributed by atoms with van der Waals surface area (Å²) >= 11 is 0. The van der Waals surface area contributed by atoms with Gasteiger partial charge >= 0.3 is 0 Å². The van der Waals surface area contributed by atoms with E-state index in [2.05, 4.69) is 17.3 Å². The normalized spacial score (nSPS) is 20.4. The van der Waals surface area contributed by atoms with E-state index < -0.39 is 5.41 Å². The Kier molecular flexibility index (Phi) is 9.25. The van der Waals surface area contributed by atoms with Crippen LogP contribution >= 0.6 is 24.8 Å². The van der Waals surface area contributed by atoms with Crippen LogP contribution in [0, 0.1) is 11.3 Å². The molecule has 0 aliphatic carbocycles. The number of nitrogens with one attached hydrogen (secondary N) is 1. The molecule has 1 atom stereocenters. The molecule has 1 amide bonds. The van der Waals surface area contributed by atoms with Crippen LogP contribution in [-0.4, -0.2) is 44.0 Å². The summed E-state index contributed by atoms with van der Waals surface area (Å²) < 4.78 is 0. The second-order valence-corrected chi connectivity index (χ2v) is 5.21. The number of halogens is 2. The molecule has 1 heterocycles. The first-order valence-corrected chi connectivity index (χ1v) is 5.62. The highest BCUT2D eigenvalue weighted by molar-refractivity contribution is 5.85. The predicted octanol–water partition coefficient (Wildman–Crippen LogP) is 0.883. The topological polar surface area (TPSA) is 58.4 Å². The first kappa shape index (κ1) is 19.3. The Hall–Kier alpha value is -0.0300. The standard InChI is InChI=1S/C11H23N3O.2ClH/c1-11(2,8-12)10(15)13-6-9-4-5-14(3)7-9;;/h9H,4-8,12H2,1-3H3,(H,13,15);2*1H. The zero-order chi connectivity index (χ0) is 11.5. The van der Waals surface area contributed by atoms with Gasteiger partial charge < -0.3 is 16.0 Å². The minimum atomic E-state index is -0.440. The van der Waals surface area contributed by atoms with E-state index in [-0.39, 0.29) is 30.7 Å². The molecular formula is C11H25Cl2N3O. The number of amides is 1. The summed E-state index contributed by atoms with van der Waals surface area (Å²) in [5.41, 5.74) is 5.10. The number of nitrogens with two attached hydrogens (primary N) is 1. The van der Waals surface area contributed by atoms with Crippen molar-refractivity contribution in [2.45, 2.75) is 20.3 Å². The highest BCUT2D eigenvalue weighted by Crippen LogP contribution is 2.15. The third kappa shape index (κ3) is 5.91. The Morgan fingerprint density at radius 3 is 2.47 bits per heavy atom. The zero-order valence-corrected chi connectivity index (χ0v) is 12.5. The van der Waals surface area contributed by atoms with Gasteiger partial charge in [0.05, 0.1) is 5.41 Å². The van der Waals surface area contributed by atoms with E-state index in [0.29, 0.717) is 12.5 Å². The van der Waals surface area contributed by atoms with Crippen LogP contribution in [0.15, 0.2) is 0 Å². The van der Waals surface area contributed by atoms with E-state index >= 15 is 0 Å². The van der Waals surface area contributed by atoms with Gasteiger partial charge in [-0.1, -0.05) is 0 Å². The fourth-order valence-corrected chi connectivity index (χ4v) is 1.76. The number of nitrogens with zero attached hydrogens (tertiary/aromatic N) is 1. The number of rotatable bonds is 4. The number of hydrogen-bond donors (Lipinski definition) is 2. The van der Waals surface area contributed by atoms with Gasteiger partial charge in [0.2, 0.25) is 5.91 Å². The van der Waals surface area contributed by atoms with Gasteiger partial charge in [-0.25, -0.2) is 0 Å². The van der Waals surface area contributed by atoms with Gasteiger partial charge in [0.15, 0.2) is 0 Å². The molecule has 0 saturated carbocycles. The van der Waals surface area contributed by atoms with Crippen molar-refractivity contribution in [2.24, 2.45) is 17.1 Å². The van der Waals surface area contributed by atoms with Crippen LogP contribution in [-0.2, 0) is 4.79 Å². The third-order valence-electron chi connectivity index (χ3n) is 3.17. The lowest BCUT2D eigenvalue weighted by Gasteiger charge is -2.22. The molecule has 0 spiro atoms. The molecule has 0 aromatic rings. The Morgan fingerprint density at radius 2 is 2.06 bits per heavy atom. The average molecular weight is 286 g/mol. The van der Waals surface area contributed by atoms with Crippen molar-refractivity contribution in [3.63, 3.8) is 0 Å². The van der Waals surface area contributed by atoms with E-state index in [4.69, 9.17) is 5.73 Å². The maximum Gasteiger partial charge on any atom is 0.226 e. The van der Waals surface area contributed by atoms with E-state index in [1.165, 1.54) is 6.42 Å². The lowest BCUT2D eigenvalue weighted by atomic mass is 9.92. The molecule has 1 saturated heterocycles. The molecule has 104 valence electrons. The lowest BCUT2D eigenvalue weighted by molar-refractivity contribution is -0.129. The number of carbonyl (C=O) groups is 1. The van der Waals surface area contributed by atoms with Crippen molar-refractivity contribution in [3.8, 4) is 0 Å². The number of carbonyl (C=O) groups excluding carboxylic acids is 1. The van der Waals surface area contributed by atoms with Crippen LogP contribution < -0.4 is 11.1 Å². The minimum absolute atomic E-state index is 0. The van der Waals surface area contributed by atoms with Crippen molar-refractivity contribution in [1.29, 1.82) is 0 Å². The van der Waals surface area contributed by atoms with E-state index in [9.17, 15) is 4.79 Å². The largest absolute Gasteiger partial charge is 0.355 e. The monoisotopic (exact) mass is 285 g/mol. The maximum absolute atomic E-state index is 11.7. The summed E-state index contributed by atoms with van der Waals surface area (Å²) in [6, 6.07) is 0. The summed E-state index contributed by atoms with van der Waals surface area (Å²) in [4.78, 5) is 14.0. The molecule has 1 fully saturated rings. The molecule has 1 aliphatic heterocycles. The maximum atomic E-state index is 11.7. The highest BCUT2D eigenvalue weighted by atomic mass is 35.5. The molecule has 0 aromatic heterocycles. The van der Waals surface area contributed by atoms with Gasteiger partial charge in [0.1, 0.15) is 0 Å². The fourth-order valence-electron chi connectivity index (χ4n) is 1.76. The van der Waals surface area contributed by atoms with Gasteiger partial charge in [-0.3, -0.25) is 4.79 Å². The predicted molar refractivity (Wildman–Crippen MR) is 75.9 cm³/mol. The van der Waals surface area contributed by atoms with Gasteiger partial charge in [0, 0.05) is 19.6 Å². The summed E-state index contributed by atoms with van der Waals surface area (Å²) in [6.45, 7) is 7.16. The Morgan fingerprint density at radius 1 is 1.47 bits per heavy atom. The molecule has 6 heteroatoms. The van der Waals surface area contributed by atoms with E-state index in [1.54, 1.807) is 0 Å². The summed E-state index contributed by atoms with van der Waals surface area (Å²) in [5.74, 6) is 0.673. The molecule has 1 rings (SSSR count). The van der Waals surface area contributed by atoms with Crippen LogP contribution in [0.5, 0.6) is 0 Å². The summed E-state index contributed by atoms with van der Waals surface area (Å²) in [6.07, 6.45) is 1.18. The summed E-state index contributed by atoms with van der Waals surface area (Å²) in [5, 5.41) is 2.99. The molecular weight excluding hydrogens is 261 g/mol. The first-order valence-electron chi connectivity index (χ1n) is 5.62. The van der Waals surface area contributed by atoms with Crippen molar-refractivity contribution in [1.82, 2.24) is 10.2 Å². The van der Waals surface area contributed by atoms with Crippen LogP contribution in [0.4, 0.5) is 0 Å². The zero-order valence-electron chi connectivity index (χ0n) is 10.9. The SMILES string of the molecule is CN1CCC(CNC(=O)C(C)(C)CN)C1.Cl.Cl. The average Bonchev–Trinajstić information content (AvgIpc) is 2.60. The van der Waals surface area contributed by atoms with Crippen LogP contribution in [0.3, 0.4) is 0 Å². The number of hydrogen-bond acceptors (Lipinski definition) is 3. The molecule has 17 heavy (non-hydrogen) atoms. The summed E-state index contributed by atoms with van der Waals surface area (Å²) in [7, 11) is 2.12. The van der Waals surface area contributed by atoms with Gasteiger partial charge in [-0.05, 0) is 39.8 Å². The van der Waals surface area contributed by atoms with Crippen molar-refractivity contribution >= 4 is 30.7 Å². The smallest absolute Gasteiger partial charge is 0.226 e. The van der Waals surface area contributed by atoms with Crippen LogP contribution in [0.25, 0.3) is 0 Å². The molecule has 1 aliphatic rings. The number of likely N-dealkylation sites (tertiary alicyclic amines) is 1. The van der Waals surface area contributed by atoms with Crippen LogP contribution in [0.1, 0.15) is 20.3 Å². The van der Waals surface area contributed by atoms with Gasteiger partial charge in [0.25, 0.3) is 0 Å². The lowest BCUT2D eigenvalue weighted by Crippen LogP contribution is -2.43. The molecule has 0 aromatic carbocycles. The van der Waals surface area contributed by atoms with E-state index in [1.807, 2.05) is 13.8 Å². The second-order valence-electron chi connectivity index (χ2n) is 5.21.